The van der Waals surface area contributed by atoms with Gasteiger partial charge < -0.3 is 14.9 Å². The molecule has 0 spiro atoms. The highest BCUT2D eigenvalue weighted by molar-refractivity contribution is 5.78. The Bertz CT molecular complexity index is 460. The zero-order valence-corrected chi connectivity index (χ0v) is 12.8. The topological polar surface area (TPSA) is 66.8 Å². The monoisotopic (exact) mass is 300 g/mol. The molecule has 21 heavy (non-hydrogen) atoms. The van der Waals surface area contributed by atoms with Crippen LogP contribution in [-0.2, 0) is 9.53 Å². The van der Waals surface area contributed by atoms with Crippen molar-refractivity contribution in [1.82, 2.24) is 0 Å². The fraction of sp³-hybridized carbons (Fsp3) is 0.938. The summed E-state index contributed by atoms with van der Waals surface area (Å²) in [7, 11) is 0. The van der Waals surface area contributed by atoms with Gasteiger partial charge in [-0.3, -0.25) is 0 Å². The third-order valence-electron chi connectivity index (χ3n) is 5.60. The van der Waals surface area contributed by atoms with E-state index in [1.54, 1.807) is 0 Å². The molecule has 0 amide bonds. The van der Waals surface area contributed by atoms with Crippen LogP contribution in [0.4, 0.5) is 4.39 Å². The number of carbonyl (C=O) groups is 1. The van der Waals surface area contributed by atoms with Gasteiger partial charge in [-0.1, -0.05) is 0 Å². The van der Waals surface area contributed by atoms with Gasteiger partial charge in [0, 0.05) is 12.0 Å². The van der Waals surface area contributed by atoms with Crippen LogP contribution in [0.25, 0.3) is 0 Å². The summed E-state index contributed by atoms with van der Waals surface area (Å²) in [6.07, 6.45) is 4.61. The van der Waals surface area contributed by atoms with Gasteiger partial charge in [0.2, 0.25) is 5.67 Å². The van der Waals surface area contributed by atoms with E-state index in [9.17, 15) is 19.4 Å². The lowest BCUT2D eigenvalue weighted by Gasteiger charge is -2.64. The van der Waals surface area contributed by atoms with E-state index in [2.05, 4.69) is 0 Å². The summed E-state index contributed by atoms with van der Waals surface area (Å²) in [5.41, 5.74) is -3.28. The average molecular weight is 300 g/mol. The lowest BCUT2D eigenvalue weighted by Crippen LogP contribution is -2.62. The van der Waals surface area contributed by atoms with Gasteiger partial charge in [-0.2, -0.15) is 0 Å². The second-order valence-electron chi connectivity index (χ2n) is 8.44. The molecule has 4 atom stereocenters. The Morgan fingerprint density at radius 1 is 1.24 bits per heavy atom. The fourth-order valence-corrected chi connectivity index (χ4v) is 5.52. The van der Waals surface area contributed by atoms with Gasteiger partial charge >= 0.3 is 5.97 Å². The lowest BCUT2D eigenvalue weighted by molar-refractivity contribution is -0.224. The summed E-state index contributed by atoms with van der Waals surface area (Å²) < 4.78 is 18.8. The lowest BCUT2D eigenvalue weighted by atomic mass is 9.43. The number of halogens is 1. The van der Waals surface area contributed by atoms with Crippen molar-refractivity contribution in [2.24, 2.45) is 16.7 Å². The molecule has 0 aliphatic heterocycles. The van der Waals surface area contributed by atoms with Crippen molar-refractivity contribution in [2.75, 3.05) is 13.2 Å². The number of rotatable bonds is 4. The molecule has 5 heteroatoms. The first-order valence-corrected chi connectivity index (χ1v) is 7.79. The molecule has 4 aliphatic carbocycles. The van der Waals surface area contributed by atoms with Gasteiger partial charge in [0.1, 0.15) is 0 Å². The Balaban J connectivity index is 1.77. The standard InChI is InChI=1S/C16H25FO4/c1-13(2,17)12(19)21-10-15-4-11-3-14(6-15,9-18)7-16(20,5-11)8-15/h11,18,20H,3-10H2,1-2H3. The van der Waals surface area contributed by atoms with E-state index >= 15 is 0 Å². The first kappa shape index (κ1) is 15.2. The van der Waals surface area contributed by atoms with Crippen molar-refractivity contribution in [1.29, 1.82) is 0 Å². The summed E-state index contributed by atoms with van der Waals surface area (Å²) in [5.74, 6) is -0.473. The minimum Gasteiger partial charge on any atom is -0.463 e. The Labute approximate surface area is 124 Å². The van der Waals surface area contributed by atoms with E-state index in [1.165, 1.54) is 13.8 Å². The molecule has 2 N–H and O–H groups in total. The van der Waals surface area contributed by atoms with E-state index in [0.717, 1.165) is 25.7 Å². The molecular formula is C16H25FO4. The van der Waals surface area contributed by atoms with Crippen molar-refractivity contribution in [2.45, 2.75) is 63.6 Å². The predicted octanol–water partition coefficient (Wildman–Crippen LogP) is 1.97. The minimum atomic E-state index is -1.99. The van der Waals surface area contributed by atoms with Gasteiger partial charge in [0.05, 0.1) is 12.2 Å². The summed E-state index contributed by atoms with van der Waals surface area (Å²) in [6.45, 7) is 2.60. The van der Waals surface area contributed by atoms with Gasteiger partial charge in [0.25, 0.3) is 0 Å². The highest BCUT2D eigenvalue weighted by atomic mass is 19.1. The van der Waals surface area contributed by atoms with Crippen LogP contribution < -0.4 is 0 Å². The quantitative estimate of drug-likeness (QED) is 0.779. The smallest absolute Gasteiger partial charge is 0.343 e. The van der Waals surface area contributed by atoms with E-state index in [4.69, 9.17) is 4.74 Å². The molecular weight excluding hydrogens is 275 g/mol. The van der Waals surface area contributed by atoms with Crippen LogP contribution in [0.2, 0.25) is 0 Å². The Morgan fingerprint density at radius 3 is 2.43 bits per heavy atom. The fourth-order valence-electron chi connectivity index (χ4n) is 5.52. The molecule has 4 nitrogen and oxygen atoms in total. The van der Waals surface area contributed by atoms with E-state index in [-0.39, 0.29) is 24.0 Å². The maximum Gasteiger partial charge on any atom is 0.343 e. The van der Waals surface area contributed by atoms with Gasteiger partial charge in [-0.25, -0.2) is 9.18 Å². The largest absolute Gasteiger partial charge is 0.463 e. The molecule has 0 saturated heterocycles. The molecule has 0 radical (unpaired) electrons. The van der Waals surface area contributed by atoms with Gasteiger partial charge in [-0.05, 0) is 63.7 Å². The highest BCUT2D eigenvalue weighted by Crippen LogP contribution is 2.66. The molecule has 4 saturated carbocycles. The first-order chi connectivity index (χ1) is 9.60. The van der Waals surface area contributed by atoms with Crippen LogP contribution in [0.1, 0.15) is 52.4 Å². The number of hydrogen-bond acceptors (Lipinski definition) is 4. The maximum atomic E-state index is 13.6. The maximum absolute atomic E-state index is 13.6. The summed E-state index contributed by atoms with van der Waals surface area (Å²) in [4.78, 5) is 11.7. The van der Waals surface area contributed by atoms with Gasteiger partial charge in [0.15, 0.2) is 0 Å². The van der Waals surface area contributed by atoms with Crippen LogP contribution in [0.3, 0.4) is 0 Å². The Morgan fingerprint density at radius 2 is 1.86 bits per heavy atom. The van der Waals surface area contributed by atoms with Crippen LogP contribution >= 0.6 is 0 Å². The van der Waals surface area contributed by atoms with Crippen molar-refractivity contribution < 1.29 is 24.1 Å². The first-order valence-electron chi connectivity index (χ1n) is 7.79. The van der Waals surface area contributed by atoms with Crippen LogP contribution in [0, 0.1) is 16.7 Å². The third-order valence-corrected chi connectivity index (χ3v) is 5.60. The Kier molecular flexibility index (Phi) is 3.20. The summed E-state index contributed by atoms with van der Waals surface area (Å²) in [6, 6.07) is 0. The summed E-state index contributed by atoms with van der Waals surface area (Å²) in [5, 5.41) is 20.6. The van der Waals surface area contributed by atoms with E-state index in [0.29, 0.717) is 18.8 Å². The zero-order chi connectivity index (χ0) is 15.5. The number of carbonyl (C=O) groups excluding carboxylic acids is 1. The molecule has 4 fully saturated rings. The molecule has 0 aromatic rings. The third kappa shape index (κ3) is 2.59. The van der Waals surface area contributed by atoms with Crippen molar-refractivity contribution in [3.8, 4) is 0 Å². The normalized spacial score (nSPS) is 44.9. The van der Waals surface area contributed by atoms with Crippen LogP contribution in [-0.4, -0.2) is 40.7 Å². The highest BCUT2D eigenvalue weighted by Gasteiger charge is 2.63. The minimum absolute atomic E-state index is 0.0656. The number of aliphatic hydroxyl groups excluding tert-OH is 1. The molecule has 0 heterocycles. The molecule has 0 aromatic carbocycles. The zero-order valence-electron chi connectivity index (χ0n) is 12.8. The number of esters is 1. The SMILES string of the molecule is CC(C)(F)C(=O)OCC12CC3CC(O)(CC(CO)(C3)C1)C2. The molecule has 4 rings (SSSR count). The summed E-state index contributed by atoms with van der Waals surface area (Å²) >= 11 is 0. The second-order valence-corrected chi connectivity index (χ2v) is 8.44. The van der Waals surface area contributed by atoms with E-state index in [1.807, 2.05) is 0 Å². The number of alkyl halides is 1. The molecule has 120 valence electrons. The van der Waals surface area contributed by atoms with Crippen molar-refractivity contribution in [3.05, 3.63) is 0 Å². The van der Waals surface area contributed by atoms with E-state index < -0.39 is 17.2 Å². The average Bonchev–Trinajstić information content (AvgIpc) is 2.32. The van der Waals surface area contributed by atoms with Crippen molar-refractivity contribution >= 4 is 5.97 Å². The number of hydrogen-bond donors (Lipinski definition) is 2. The van der Waals surface area contributed by atoms with Crippen LogP contribution in [0.15, 0.2) is 0 Å². The Hall–Kier alpha value is -0.680. The molecule has 4 aliphatic rings. The van der Waals surface area contributed by atoms with Crippen molar-refractivity contribution in [3.63, 3.8) is 0 Å². The number of aliphatic hydroxyl groups is 2. The van der Waals surface area contributed by atoms with Gasteiger partial charge in [-0.15, -0.1) is 0 Å². The number of ether oxygens (including phenoxy) is 1. The second kappa shape index (κ2) is 4.42. The molecule has 0 aromatic heterocycles. The predicted molar refractivity (Wildman–Crippen MR) is 74.2 cm³/mol. The van der Waals surface area contributed by atoms with Crippen LogP contribution in [0.5, 0.6) is 0 Å². The molecule has 4 unspecified atom stereocenters. The molecule has 4 bridgehead atoms.